The molecule has 18 heavy (non-hydrogen) atoms. The van der Waals surface area contributed by atoms with Gasteiger partial charge in [-0.3, -0.25) is 0 Å². The first-order valence-corrected chi connectivity index (χ1v) is 6.99. The molecule has 0 spiro atoms. The van der Waals surface area contributed by atoms with E-state index in [4.69, 9.17) is 18.0 Å². The summed E-state index contributed by atoms with van der Waals surface area (Å²) in [6, 6.07) is 6.50. The van der Waals surface area contributed by atoms with Gasteiger partial charge in [-0.1, -0.05) is 24.6 Å². The second-order valence-corrected chi connectivity index (χ2v) is 5.04. The zero-order valence-corrected chi connectivity index (χ0v) is 12.1. The highest BCUT2D eigenvalue weighted by Gasteiger charge is 2.12. The molecule has 98 valence electrons. The monoisotopic (exact) mass is 263 g/mol. The highest BCUT2D eigenvalue weighted by atomic mass is 35.5. The number of benzene rings is 1. The molecule has 2 heteroatoms. The van der Waals surface area contributed by atoms with Crippen molar-refractivity contribution in [1.29, 1.82) is 0 Å². The van der Waals surface area contributed by atoms with Crippen LogP contribution in [-0.2, 0) is 0 Å². The topological polar surface area (TPSA) is 12.0 Å². The van der Waals surface area contributed by atoms with Crippen molar-refractivity contribution in [3.8, 4) is 12.3 Å². The average molecular weight is 264 g/mol. The summed E-state index contributed by atoms with van der Waals surface area (Å²) in [5.41, 5.74) is 2.58. The Morgan fingerprint density at radius 1 is 1.44 bits per heavy atom. The largest absolute Gasteiger partial charge is 0.310 e. The fourth-order valence-electron chi connectivity index (χ4n) is 2.12. The summed E-state index contributed by atoms with van der Waals surface area (Å²) in [6.45, 7) is 5.33. The van der Waals surface area contributed by atoms with E-state index in [0.717, 1.165) is 37.3 Å². The quantitative estimate of drug-likeness (QED) is 0.564. The summed E-state index contributed by atoms with van der Waals surface area (Å²) in [5.74, 6) is 2.71. The van der Waals surface area contributed by atoms with E-state index in [0.29, 0.717) is 6.04 Å². The van der Waals surface area contributed by atoms with E-state index >= 15 is 0 Å². The molecule has 1 aromatic carbocycles. The minimum absolute atomic E-state index is 0.385. The first kappa shape index (κ1) is 15.1. The molecule has 0 heterocycles. The molecular formula is C16H22ClN. The van der Waals surface area contributed by atoms with E-state index in [-0.39, 0.29) is 0 Å². The van der Waals surface area contributed by atoms with Crippen molar-refractivity contribution < 1.29 is 0 Å². The lowest BCUT2D eigenvalue weighted by molar-refractivity contribution is 0.486. The maximum Gasteiger partial charge on any atom is 0.0408 e. The van der Waals surface area contributed by atoms with Gasteiger partial charge in [-0.05, 0) is 56.0 Å². The number of unbranched alkanes of at least 4 members (excludes halogenated alkanes) is 1. The number of terminal acetylenes is 1. The van der Waals surface area contributed by atoms with Gasteiger partial charge >= 0.3 is 0 Å². The van der Waals surface area contributed by atoms with Crippen molar-refractivity contribution in [3.05, 3.63) is 34.3 Å². The Morgan fingerprint density at radius 2 is 2.22 bits per heavy atom. The lowest BCUT2D eigenvalue weighted by Crippen LogP contribution is -2.22. The Balaban J connectivity index is 2.76. The van der Waals surface area contributed by atoms with Crippen LogP contribution in [0.15, 0.2) is 18.2 Å². The van der Waals surface area contributed by atoms with E-state index in [2.05, 4.69) is 31.2 Å². The SMILES string of the molecule is C#CCCCC(NCCC)c1ccc(Cl)cc1C. The molecular weight excluding hydrogens is 242 g/mol. The van der Waals surface area contributed by atoms with Crippen LogP contribution >= 0.6 is 11.6 Å². The Bertz CT molecular complexity index is 406. The number of aryl methyl sites for hydroxylation is 1. The summed E-state index contributed by atoms with van der Waals surface area (Å²) in [5, 5.41) is 4.39. The van der Waals surface area contributed by atoms with Crippen LogP contribution in [0.5, 0.6) is 0 Å². The Hall–Kier alpha value is -0.970. The van der Waals surface area contributed by atoms with Gasteiger partial charge in [0.05, 0.1) is 0 Å². The molecule has 1 atom stereocenters. The number of halogens is 1. The third-order valence-electron chi connectivity index (χ3n) is 3.06. The lowest BCUT2D eigenvalue weighted by atomic mass is 9.96. The van der Waals surface area contributed by atoms with Crippen molar-refractivity contribution >= 4 is 11.6 Å². The Labute approximate surface area is 116 Å². The summed E-state index contributed by atoms with van der Waals surface area (Å²) in [7, 11) is 0. The van der Waals surface area contributed by atoms with Crippen LogP contribution in [0.4, 0.5) is 0 Å². The first-order chi connectivity index (χ1) is 8.69. The van der Waals surface area contributed by atoms with Gasteiger partial charge in [0.2, 0.25) is 0 Å². The molecule has 0 aliphatic rings. The standard InChI is InChI=1S/C16H22ClN/c1-4-6-7-8-16(18-11-5-2)15-10-9-14(17)12-13(15)3/h1,9-10,12,16,18H,5-8,11H2,2-3H3. The van der Waals surface area contributed by atoms with Gasteiger partial charge in [-0.25, -0.2) is 0 Å². The van der Waals surface area contributed by atoms with Gasteiger partial charge < -0.3 is 5.32 Å². The van der Waals surface area contributed by atoms with Crippen LogP contribution in [0.1, 0.15) is 49.8 Å². The molecule has 0 saturated carbocycles. The Kier molecular flexibility index (Phi) is 6.86. The van der Waals surface area contributed by atoms with Gasteiger partial charge in [-0.2, -0.15) is 0 Å². The minimum Gasteiger partial charge on any atom is -0.310 e. The molecule has 0 aromatic heterocycles. The van der Waals surface area contributed by atoms with Gasteiger partial charge in [0.1, 0.15) is 0 Å². The van der Waals surface area contributed by atoms with Crippen molar-refractivity contribution in [3.63, 3.8) is 0 Å². The fraction of sp³-hybridized carbons (Fsp3) is 0.500. The predicted molar refractivity (Wildman–Crippen MR) is 79.9 cm³/mol. The van der Waals surface area contributed by atoms with Gasteiger partial charge in [0.25, 0.3) is 0 Å². The summed E-state index contributed by atoms with van der Waals surface area (Å²) in [4.78, 5) is 0. The number of hydrogen-bond acceptors (Lipinski definition) is 1. The van der Waals surface area contributed by atoms with Crippen LogP contribution in [0.25, 0.3) is 0 Å². The molecule has 0 aliphatic heterocycles. The van der Waals surface area contributed by atoms with Crippen molar-refractivity contribution in [2.75, 3.05) is 6.54 Å². The second-order valence-electron chi connectivity index (χ2n) is 4.60. The molecule has 0 amide bonds. The second kappa shape index (κ2) is 8.19. The van der Waals surface area contributed by atoms with Crippen molar-refractivity contribution in [2.45, 2.75) is 45.6 Å². The van der Waals surface area contributed by atoms with Gasteiger partial charge in [-0.15, -0.1) is 12.3 Å². The molecule has 0 saturated heterocycles. The molecule has 0 fully saturated rings. The van der Waals surface area contributed by atoms with Gasteiger partial charge in [0.15, 0.2) is 0 Å². The normalized spacial score (nSPS) is 12.1. The number of nitrogens with one attached hydrogen (secondary N) is 1. The number of rotatable bonds is 7. The van der Waals surface area contributed by atoms with Crippen LogP contribution in [0.2, 0.25) is 5.02 Å². The third-order valence-corrected chi connectivity index (χ3v) is 3.30. The van der Waals surface area contributed by atoms with E-state index < -0.39 is 0 Å². The van der Waals surface area contributed by atoms with Crippen LogP contribution in [0.3, 0.4) is 0 Å². The zero-order valence-electron chi connectivity index (χ0n) is 11.3. The molecule has 0 aliphatic carbocycles. The maximum absolute atomic E-state index is 6.01. The molecule has 1 aromatic rings. The van der Waals surface area contributed by atoms with Gasteiger partial charge in [0, 0.05) is 17.5 Å². The summed E-state index contributed by atoms with van der Waals surface area (Å²) in [6.07, 6.45) is 9.43. The molecule has 1 nitrogen and oxygen atoms in total. The van der Waals surface area contributed by atoms with E-state index in [1.165, 1.54) is 11.1 Å². The highest BCUT2D eigenvalue weighted by molar-refractivity contribution is 6.30. The average Bonchev–Trinajstić information content (AvgIpc) is 2.34. The molecule has 0 bridgehead atoms. The van der Waals surface area contributed by atoms with Crippen LogP contribution in [-0.4, -0.2) is 6.54 Å². The fourth-order valence-corrected chi connectivity index (χ4v) is 2.35. The highest BCUT2D eigenvalue weighted by Crippen LogP contribution is 2.25. The molecule has 1 rings (SSSR count). The zero-order chi connectivity index (χ0) is 13.4. The van der Waals surface area contributed by atoms with E-state index in [9.17, 15) is 0 Å². The predicted octanol–water partition coefficient (Wildman–Crippen LogP) is 4.49. The molecule has 1 N–H and O–H groups in total. The van der Waals surface area contributed by atoms with Crippen LogP contribution < -0.4 is 5.32 Å². The van der Waals surface area contributed by atoms with Crippen LogP contribution in [0, 0.1) is 19.3 Å². The van der Waals surface area contributed by atoms with E-state index in [1.54, 1.807) is 0 Å². The van der Waals surface area contributed by atoms with Crippen molar-refractivity contribution in [2.24, 2.45) is 0 Å². The van der Waals surface area contributed by atoms with E-state index in [1.807, 2.05) is 12.1 Å². The summed E-state index contributed by atoms with van der Waals surface area (Å²) < 4.78 is 0. The number of hydrogen-bond donors (Lipinski definition) is 1. The Morgan fingerprint density at radius 3 is 2.83 bits per heavy atom. The molecule has 1 unspecified atom stereocenters. The minimum atomic E-state index is 0.385. The smallest absolute Gasteiger partial charge is 0.0408 e. The molecule has 0 radical (unpaired) electrons. The maximum atomic E-state index is 6.01. The third kappa shape index (κ3) is 4.72. The summed E-state index contributed by atoms with van der Waals surface area (Å²) >= 11 is 6.01. The lowest BCUT2D eigenvalue weighted by Gasteiger charge is -2.21. The van der Waals surface area contributed by atoms with Crippen molar-refractivity contribution in [1.82, 2.24) is 5.32 Å². The first-order valence-electron chi connectivity index (χ1n) is 6.62.